The highest BCUT2D eigenvalue weighted by Crippen LogP contribution is 2.34. The predicted molar refractivity (Wildman–Crippen MR) is 144 cm³/mol. The maximum atomic E-state index is 13.9. The van der Waals surface area contributed by atoms with Gasteiger partial charge in [-0.25, -0.2) is 9.59 Å². The summed E-state index contributed by atoms with van der Waals surface area (Å²) >= 11 is 6.37. The first-order chi connectivity index (χ1) is 17.6. The van der Waals surface area contributed by atoms with Crippen LogP contribution in [-0.2, 0) is 6.54 Å². The van der Waals surface area contributed by atoms with Gasteiger partial charge in [0.15, 0.2) is 0 Å². The topological polar surface area (TPSA) is 47.1 Å². The first-order valence-electron chi connectivity index (χ1n) is 12.6. The van der Waals surface area contributed by atoms with Crippen LogP contribution in [-0.4, -0.2) is 58.5 Å². The number of fused-ring (bicyclic) bond motifs is 2. The zero-order valence-electron chi connectivity index (χ0n) is 20.5. The fourth-order valence-corrected chi connectivity index (χ4v) is 5.54. The fourth-order valence-electron chi connectivity index (χ4n) is 5.35. The van der Waals surface area contributed by atoms with E-state index in [9.17, 15) is 9.59 Å². The number of hydrogen-bond acceptors (Lipinski definition) is 2. The number of amides is 4. The summed E-state index contributed by atoms with van der Waals surface area (Å²) in [6.45, 7) is 4.12. The number of carbonyl (C=O) groups is 2. The van der Waals surface area contributed by atoms with E-state index in [1.807, 2.05) is 107 Å². The van der Waals surface area contributed by atoms with Gasteiger partial charge in [-0.15, -0.1) is 0 Å². The molecule has 0 N–H and O–H groups in total. The van der Waals surface area contributed by atoms with Gasteiger partial charge in [0.25, 0.3) is 0 Å². The second kappa shape index (κ2) is 10.6. The number of urea groups is 2. The van der Waals surface area contributed by atoms with Crippen LogP contribution < -0.4 is 4.90 Å². The Labute approximate surface area is 217 Å². The van der Waals surface area contributed by atoms with Gasteiger partial charge in [-0.2, -0.15) is 0 Å². The smallest absolute Gasteiger partial charge is 0.321 e. The Kier molecular flexibility index (Phi) is 7.14. The van der Waals surface area contributed by atoms with E-state index in [1.54, 1.807) is 4.90 Å². The summed E-state index contributed by atoms with van der Waals surface area (Å²) in [6, 6.07) is 27.1. The molecule has 2 saturated heterocycles. The Bertz CT molecular complexity index is 1150. The molecule has 7 heteroatoms. The van der Waals surface area contributed by atoms with E-state index in [-0.39, 0.29) is 24.1 Å². The Hall–Kier alpha value is -3.51. The van der Waals surface area contributed by atoms with E-state index in [0.717, 1.165) is 29.8 Å². The second-order valence-electron chi connectivity index (χ2n) is 9.37. The lowest BCUT2D eigenvalue weighted by Gasteiger charge is -2.44. The van der Waals surface area contributed by atoms with Crippen LogP contribution >= 0.6 is 11.6 Å². The number of para-hydroxylation sites is 2. The molecule has 3 aromatic carbocycles. The highest BCUT2D eigenvalue weighted by molar-refractivity contribution is 6.31. The monoisotopic (exact) mass is 502 g/mol. The van der Waals surface area contributed by atoms with Gasteiger partial charge in [-0.1, -0.05) is 66.2 Å². The summed E-state index contributed by atoms with van der Waals surface area (Å²) in [5.74, 6) is 0. The summed E-state index contributed by atoms with van der Waals surface area (Å²) < 4.78 is 0. The van der Waals surface area contributed by atoms with E-state index in [1.165, 1.54) is 0 Å². The van der Waals surface area contributed by atoms with Crippen molar-refractivity contribution in [1.82, 2.24) is 14.7 Å². The molecular formula is C29H31ClN4O2. The van der Waals surface area contributed by atoms with Crippen molar-refractivity contribution in [2.24, 2.45) is 0 Å². The summed E-state index contributed by atoms with van der Waals surface area (Å²) in [5.41, 5.74) is 2.60. The maximum Gasteiger partial charge on any atom is 0.329 e. The SMILES string of the molecule is CCN(Cc1ccccc1Cl)C(=O)N1[C@@H]2CC[C@H]1CN(C(=O)N(c1ccccc1)c1ccccc1)C2. The molecule has 5 rings (SSSR count). The van der Waals surface area contributed by atoms with Crippen molar-refractivity contribution in [2.45, 2.75) is 38.4 Å². The lowest BCUT2D eigenvalue weighted by Crippen LogP contribution is -2.61. The van der Waals surface area contributed by atoms with E-state index in [0.29, 0.717) is 31.2 Å². The summed E-state index contributed by atoms with van der Waals surface area (Å²) in [4.78, 5) is 35.1. The third-order valence-electron chi connectivity index (χ3n) is 7.16. The highest BCUT2D eigenvalue weighted by atomic mass is 35.5. The molecule has 0 saturated carbocycles. The van der Waals surface area contributed by atoms with E-state index < -0.39 is 0 Å². The summed E-state index contributed by atoms with van der Waals surface area (Å²) in [5, 5.41) is 0.670. The Morgan fingerprint density at radius 2 is 1.33 bits per heavy atom. The lowest BCUT2D eigenvalue weighted by molar-refractivity contribution is 0.0816. The number of halogens is 1. The van der Waals surface area contributed by atoms with Crippen LogP contribution in [0.15, 0.2) is 84.9 Å². The molecule has 0 radical (unpaired) electrons. The molecule has 4 amide bonds. The Balaban J connectivity index is 1.34. The minimum absolute atomic E-state index is 0.00823. The van der Waals surface area contributed by atoms with Gasteiger partial charge < -0.3 is 14.7 Å². The van der Waals surface area contributed by atoms with Crippen molar-refractivity contribution < 1.29 is 9.59 Å². The zero-order valence-corrected chi connectivity index (χ0v) is 21.2. The Morgan fingerprint density at radius 3 is 1.86 bits per heavy atom. The van der Waals surface area contributed by atoms with Gasteiger partial charge in [-0.3, -0.25) is 4.90 Å². The van der Waals surface area contributed by atoms with Gasteiger partial charge in [0.05, 0.1) is 23.5 Å². The van der Waals surface area contributed by atoms with E-state index in [2.05, 4.69) is 0 Å². The molecule has 2 aliphatic heterocycles. The quantitative estimate of drug-likeness (QED) is 0.406. The molecule has 2 aliphatic rings. The van der Waals surface area contributed by atoms with Gasteiger partial charge in [-0.05, 0) is 55.7 Å². The van der Waals surface area contributed by atoms with Crippen molar-refractivity contribution in [3.8, 4) is 0 Å². The molecule has 2 atom stereocenters. The molecular weight excluding hydrogens is 472 g/mol. The number of hydrogen-bond donors (Lipinski definition) is 0. The average Bonchev–Trinajstić information content (AvgIpc) is 3.18. The molecule has 186 valence electrons. The fraction of sp³-hybridized carbons (Fsp3) is 0.310. The van der Waals surface area contributed by atoms with Crippen molar-refractivity contribution in [3.63, 3.8) is 0 Å². The van der Waals surface area contributed by atoms with Gasteiger partial charge in [0, 0.05) is 31.2 Å². The molecule has 0 aromatic heterocycles. The van der Waals surface area contributed by atoms with Gasteiger partial charge >= 0.3 is 12.1 Å². The molecule has 36 heavy (non-hydrogen) atoms. The molecule has 2 heterocycles. The molecule has 2 fully saturated rings. The van der Waals surface area contributed by atoms with Crippen molar-refractivity contribution >= 4 is 35.0 Å². The van der Waals surface area contributed by atoms with Crippen LogP contribution in [0.3, 0.4) is 0 Å². The molecule has 3 aromatic rings. The van der Waals surface area contributed by atoms with E-state index >= 15 is 0 Å². The molecule has 6 nitrogen and oxygen atoms in total. The lowest BCUT2D eigenvalue weighted by atomic mass is 10.1. The van der Waals surface area contributed by atoms with E-state index in [4.69, 9.17) is 11.6 Å². The first kappa shape index (κ1) is 24.2. The summed E-state index contributed by atoms with van der Waals surface area (Å²) in [7, 11) is 0. The number of carbonyl (C=O) groups excluding carboxylic acids is 2. The number of likely N-dealkylation sites (tertiary alicyclic amines) is 1. The number of nitrogens with zero attached hydrogens (tertiary/aromatic N) is 4. The predicted octanol–water partition coefficient (Wildman–Crippen LogP) is 6.39. The highest BCUT2D eigenvalue weighted by Gasteiger charge is 2.46. The number of anilines is 2. The largest absolute Gasteiger partial charge is 0.329 e. The molecule has 2 bridgehead atoms. The minimum Gasteiger partial charge on any atom is -0.321 e. The molecule has 0 aliphatic carbocycles. The minimum atomic E-state index is -0.0557. The standard InChI is InChI=1S/C29H31ClN4O2/c1-2-31(19-22-11-9-10-16-27(22)30)28(35)34-25-17-18-26(34)21-32(20-25)29(36)33(23-12-5-3-6-13-23)24-14-7-4-8-15-24/h3-16,25-26H,2,17-21H2,1H3/t25-,26+. The zero-order chi connectivity index (χ0) is 25.1. The average molecular weight is 503 g/mol. The number of piperazine rings is 1. The van der Waals surface area contributed by atoms with Crippen LogP contribution in [0.25, 0.3) is 0 Å². The summed E-state index contributed by atoms with van der Waals surface area (Å²) in [6.07, 6.45) is 1.81. The maximum absolute atomic E-state index is 13.9. The van der Waals surface area contributed by atoms with Crippen LogP contribution in [0, 0.1) is 0 Å². The van der Waals surface area contributed by atoms with Crippen LogP contribution in [0.1, 0.15) is 25.3 Å². The second-order valence-corrected chi connectivity index (χ2v) is 9.78. The van der Waals surface area contributed by atoms with Crippen molar-refractivity contribution in [3.05, 3.63) is 95.5 Å². The van der Waals surface area contributed by atoms with Crippen molar-refractivity contribution in [1.29, 1.82) is 0 Å². The number of benzene rings is 3. The first-order valence-corrected chi connectivity index (χ1v) is 12.9. The third-order valence-corrected chi connectivity index (χ3v) is 7.53. The number of rotatable bonds is 5. The third kappa shape index (κ3) is 4.78. The van der Waals surface area contributed by atoms with Gasteiger partial charge in [0.2, 0.25) is 0 Å². The van der Waals surface area contributed by atoms with Crippen LogP contribution in [0.5, 0.6) is 0 Å². The van der Waals surface area contributed by atoms with Gasteiger partial charge in [0.1, 0.15) is 0 Å². The molecule has 0 unspecified atom stereocenters. The van der Waals surface area contributed by atoms with Crippen molar-refractivity contribution in [2.75, 3.05) is 24.5 Å². The van der Waals surface area contributed by atoms with Crippen LogP contribution in [0.2, 0.25) is 5.02 Å². The van der Waals surface area contributed by atoms with Crippen LogP contribution in [0.4, 0.5) is 21.0 Å². The normalized spacial score (nSPS) is 18.7. The molecule has 0 spiro atoms. The Morgan fingerprint density at radius 1 is 0.806 bits per heavy atom.